The van der Waals surface area contributed by atoms with E-state index >= 15 is 0 Å². The van der Waals surface area contributed by atoms with E-state index in [0.717, 1.165) is 16.9 Å². The van der Waals surface area contributed by atoms with E-state index in [9.17, 15) is 9.59 Å². The summed E-state index contributed by atoms with van der Waals surface area (Å²) in [6.45, 7) is 0.391. The molecule has 0 radical (unpaired) electrons. The Labute approximate surface area is 225 Å². The molecule has 0 spiro atoms. The van der Waals surface area contributed by atoms with Crippen molar-refractivity contribution in [1.82, 2.24) is 15.2 Å². The predicted molar refractivity (Wildman–Crippen MR) is 147 cm³/mol. The van der Waals surface area contributed by atoms with Gasteiger partial charge in [0.2, 0.25) is 5.91 Å². The van der Waals surface area contributed by atoms with Crippen LogP contribution in [0.1, 0.15) is 40.3 Å². The van der Waals surface area contributed by atoms with Crippen molar-refractivity contribution in [2.45, 2.75) is 18.5 Å². The first-order valence-corrected chi connectivity index (χ1v) is 12.6. The maximum absolute atomic E-state index is 12.7. The maximum Gasteiger partial charge on any atom is 0.337 e. The molecule has 192 valence electrons. The van der Waals surface area contributed by atoms with Gasteiger partial charge in [0.25, 0.3) is 0 Å². The maximum atomic E-state index is 12.7. The minimum atomic E-state index is -0.396. The van der Waals surface area contributed by atoms with E-state index in [2.05, 4.69) is 15.6 Å². The van der Waals surface area contributed by atoms with Crippen molar-refractivity contribution < 1.29 is 18.7 Å². The molecule has 38 heavy (non-hydrogen) atoms. The van der Waals surface area contributed by atoms with Crippen LogP contribution in [-0.2, 0) is 9.53 Å². The Morgan fingerprint density at radius 1 is 1.03 bits per heavy atom. The quantitative estimate of drug-likeness (QED) is 0.241. The number of para-hydroxylation sites is 1. The molecule has 1 amide bonds. The summed E-state index contributed by atoms with van der Waals surface area (Å²) in [5.74, 6) is 0.830. The van der Waals surface area contributed by atoms with Crippen LogP contribution in [0.25, 0.3) is 11.3 Å². The second-order valence-electron chi connectivity index (χ2n) is 8.76. The van der Waals surface area contributed by atoms with Crippen LogP contribution in [-0.4, -0.2) is 40.5 Å². The Morgan fingerprint density at radius 2 is 1.79 bits per heavy atom. The first kappa shape index (κ1) is 25.2. The van der Waals surface area contributed by atoms with Gasteiger partial charge in [0.05, 0.1) is 24.4 Å². The number of ether oxygens (including phenoxy) is 1. The summed E-state index contributed by atoms with van der Waals surface area (Å²) in [6.07, 6.45) is 1.98. The van der Waals surface area contributed by atoms with Gasteiger partial charge in [-0.25, -0.2) is 4.79 Å². The number of furan rings is 1. The lowest BCUT2D eigenvalue weighted by molar-refractivity contribution is -0.116. The van der Waals surface area contributed by atoms with E-state index in [4.69, 9.17) is 21.4 Å². The van der Waals surface area contributed by atoms with Crippen molar-refractivity contribution in [3.63, 3.8) is 0 Å². The van der Waals surface area contributed by atoms with E-state index in [0.29, 0.717) is 28.7 Å². The van der Waals surface area contributed by atoms with Crippen molar-refractivity contribution in [3.8, 4) is 11.3 Å². The number of pyridine rings is 1. The van der Waals surface area contributed by atoms with Gasteiger partial charge in [-0.2, -0.15) is 0 Å². The Kier molecular flexibility index (Phi) is 7.46. The largest absolute Gasteiger partial charge is 0.465 e. The summed E-state index contributed by atoms with van der Waals surface area (Å²) in [5.41, 5.74) is 2.84. The number of hydrogen-bond donors (Lipinski definition) is 2. The SMILES string of the molecule is COC(=O)c1ccc(-c2ccc([C@H]3[C@@H](c4ccccn4)NC(=S)N3CCC(=O)Nc3ccccc3)o2)cc1. The number of carbonyl (C=O) groups excluding carboxylic acids is 2. The minimum absolute atomic E-state index is 0.107. The number of esters is 1. The van der Waals surface area contributed by atoms with Gasteiger partial charge < -0.3 is 24.7 Å². The summed E-state index contributed by atoms with van der Waals surface area (Å²) >= 11 is 5.70. The number of aromatic nitrogens is 1. The number of rotatable bonds is 8. The fourth-order valence-corrected chi connectivity index (χ4v) is 4.81. The fraction of sp³-hybridized carbons (Fsp3) is 0.172. The molecule has 2 atom stereocenters. The fourth-order valence-electron chi connectivity index (χ4n) is 4.48. The molecule has 1 fully saturated rings. The van der Waals surface area contributed by atoms with E-state index in [1.165, 1.54) is 7.11 Å². The normalized spacial score (nSPS) is 16.7. The molecule has 0 bridgehead atoms. The molecule has 3 heterocycles. The number of benzene rings is 2. The number of carbonyl (C=O) groups is 2. The van der Waals surface area contributed by atoms with Gasteiger partial charge >= 0.3 is 5.97 Å². The molecule has 0 unspecified atom stereocenters. The van der Waals surface area contributed by atoms with E-state index < -0.39 is 5.97 Å². The van der Waals surface area contributed by atoms with E-state index in [1.807, 2.05) is 77.7 Å². The Balaban J connectivity index is 1.39. The summed E-state index contributed by atoms with van der Waals surface area (Å²) in [5, 5.41) is 6.82. The lowest BCUT2D eigenvalue weighted by Crippen LogP contribution is -2.32. The van der Waals surface area contributed by atoms with Gasteiger partial charge in [0.15, 0.2) is 5.11 Å². The molecule has 2 N–H and O–H groups in total. The molecule has 1 aliphatic rings. The zero-order valence-electron chi connectivity index (χ0n) is 20.7. The van der Waals surface area contributed by atoms with Crippen LogP contribution in [0.3, 0.4) is 0 Å². The smallest absolute Gasteiger partial charge is 0.337 e. The molecule has 9 heteroatoms. The predicted octanol–water partition coefficient (Wildman–Crippen LogP) is 5.13. The molecular weight excluding hydrogens is 500 g/mol. The van der Waals surface area contributed by atoms with Gasteiger partial charge in [-0.3, -0.25) is 9.78 Å². The number of nitrogens with one attached hydrogen (secondary N) is 2. The number of methoxy groups -OCH3 is 1. The molecule has 5 rings (SSSR count). The number of amides is 1. The van der Waals surface area contributed by atoms with Crippen LogP contribution in [0.15, 0.2) is 95.5 Å². The summed E-state index contributed by atoms with van der Waals surface area (Å²) in [7, 11) is 1.35. The molecule has 1 aliphatic heterocycles. The third-order valence-electron chi connectivity index (χ3n) is 6.34. The van der Waals surface area contributed by atoms with Crippen LogP contribution in [0, 0.1) is 0 Å². The average Bonchev–Trinajstić information content (AvgIpc) is 3.57. The molecule has 2 aromatic carbocycles. The first-order chi connectivity index (χ1) is 18.5. The second-order valence-corrected chi connectivity index (χ2v) is 9.14. The van der Waals surface area contributed by atoms with Crippen LogP contribution in [0.4, 0.5) is 5.69 Å². The highest BCUT2D eigenvalue weighted by atomic mass is 32.1. The topological polar surface area (TPSA) is 96.7 Å². The second kappa shape index (κ2) is 11.3. The van der Waals surface area contributed by atoms with Gasteiger partial charge in [0.1, 0.15) is 17.6 Å². The molecule has 8 nitrogen and oxygen atoms in total. The van der Waals surface area contributed by atoms with Gasteiger partial charge in [0, 0.05) is 30.4 Å². The Morgan fingerprint density at radius 3 is 2.50 bits per heavy atom. The van der Waals surface area contributed by atoms with Crippen molar-refractivity contribution in [2.75, 3.05) is 19.0 Å². The highest BCUT2D eigenvalue weighted by molar-refractivity contribution is 7.80. The lowest BCUT2D eigenvalue weighted by Gasteiger charge is -2.25. The first-order valence-electron chi connectivity index (χ1n) is 12.1. The van der Waals surface area contributed by atoms with Gasteiger partial charge in [-0.15, -0.1) is 0 Å². The van der Waals surface area contributed by atoms with Crippen LogP contribution in [0.2, 0.25) is 0 Å². The lowest BCUT2D eigenvalue weighted by atomic mass is 10.0. The van der Waals surface area contributed by atoms with Gasteiger partial charge in [-0.1, -0.05) is 36.4 Å². The van der Waals surface area contributed by atoms with Crippen molar-refractivity contribution in [1.29, 1.82) is 0 Å². The Bertz CT molecular complexity index is 1420. The summed E-state index contributed by atoms with van der Waals surface area (Å²) in [4.78, 5) is 31.0. The highest BCUT2D eigenvalue weighted by Gasteiger charge is 2.41. The van der Waals surface area contributed by atoms with Crippen molar-refractivity contribution in [3.05, 3.63) is 108 Å². The number of thiocarbonyl (C=S) groups is 1. The molecular formula is C29H26N4O4S. The van der Waals surface area contributed by atoms with Crippen LogP contribution < -0.4 is 10.6 Å². The number of hydrogen-bond acceptors (Lipinski definition) is 6. The number of anilines is 1. The average molecular weight is 527 g/mol. The van der Waals surface area contributed by atoms with Crippen molar-refractivity contribution >= 4 is 34.9 Å². The van der Waals surface area contributed by atoms with E-state index in [-0.39, 0.29) is 24.4 Å². The summed E-state index contributed by atoms with van der Waals surface area (Å²) in [6, 6.07) is 25.3. The number of nitrogens with zero attached hydrogens (tertiary/aromatic N) is 2. The zero-order valence-corrected chi connectivity index (χ0v) is 21.5. The standard InChI is InChI=1S/C29H26N4O4S/c1-36-28(35)20-12-10-19(11-13-20)23-14-15-24(37-23)27-26(22-9-5-6-17-30-22)32-29(38)33(27)18-16-25(34)31-21-7-3-2-4-8-21/h2-15,17,26-27H,16,18H2,1H3,(H,31,34)(H,32,38)/t26-,27+/m1/s1. The van der Waals surface area contributed by atoms with E-state index in [1.54, 1.807) is 18.3 Å². The molecule has 4 aromatic rings. The van der Waals surface area contributed by atoms with Gasteiger partial charge in [-0.05, 0) is 60.7 Å². The zero-order chi connectivity index (χ0) is 26.5. The third-order valence-corrected chi connectivity index (χ3v) is 6.70. The van der Waals surface area contributed by atoms with Crippen LogP contribution in [0.5, 0.6) is 0 Å². The molecule has 2 aromatic heterocycles. The molecule has 0 saturated carbocycles. The van der Waals surface area contributed by atoms with Crippen molar-refractivity contribution in [2.24, 2.45) is 0 Å². The molecule has 0 aliphatic carbocycles. The Hall–Kier alpha value is -4.50. The third kappa shape index (κ3) is 5.42. The van der Waals surface area contributed by atoms with Crippen LogP contribution >= 0.6 is 12.2 Å². The highest BCUT2D eigenvalue weighted by Crippen LogP contribution is 2.40. The minimum Gasteiger partial charge on any atom is -0.465 e. The summed E-state index contributed by atoms with van der Waals surface area (Å²) < 4.78 is 11.1. The molecule has 1 saturated heterocycles. The monoisotopic (exact) mass is 526 g/mol.